The zero-order chi connectivity index (χ0) is 18.5. The van der Waals surface area contributed by atoms with Crippen molar-refractivity contribution in [3.8, 4) is 5.88 Å². The van der Waals surface area contributed by atoms with Gasteiger partial charge in [0.25, 0.3) is 5.91 Å². The number of ether oxygens (including phenoxy) is 1. The highest BCUT2D eigenvalue weighted by molar-refractivity contribution is 6.04. The summed E-state index contributed by atoms with van der Waals surface area (Å²) in [4.78, 5) is 20.5. The van der Waals surface area contributed by atoms with Crippen LogP contribution in [0.3, 0.4) is 0 Å². The van der Waals surface area contributed by atoms with Gasteiger partial charge in [0.1, 0.15) is 12.4 Å². The Hall–Kier alpha value is -3.28. The van der Waals surface area contributed by atoms with Crippen molar-refractivity contribution >= 4 is 11.6 Å². The van der Waals surface area contributed by atoms with Gasteiger partial charge in [-0.3, -0.25) is 9.78 Å². The number of carbonyl (C=O) groups excluding carboxylic acids is 1. The summed E-state index contributed by atoms with van der Waals surface area (Å²) in [6, 6.07) is 10.0. The van der Waals surface area contributed by atoms with Crippen molar-refractivity contribution in [3.05, 3.63) is 83.1 Å². The molecule has 0 saturated carbocycles. The van der Waals surface area contributed by atoms with Crippen LogP contribution in [0.15, 0.2) is 55.0 Å². The van der Waals surface area contributed by atoms with E-state index in [2.05, 4.69) is 15.3 Å². The van der Waals surface area contributed by atoms with E-state index >= 15 is 0 Å². The molecule has 0 aliphatic rings. The Balaban J connectivity index is 1.69. The molecule has 1 N–H and O–H groups in total. The molecule has 0 atom stereocenters. The molecule has 3 rings (SSSR count). The molecule has 0 aliphatic carbocycles. The average molecular weight is 351 g/mol. The first-order valence-electron chi connectivity index (χ1n) is 8.09. The fourth-order valence-electron chi connectivity index (χ4n) is 2.38. The van der Waals surface area contributed by atoms with E-state index in [1.165, 1.54) is 18.3 Å². The van der Waals surface area contributed by atoms with Gasteiger partial charge in [0.15, 0.2) is 0 Å². The Morgan fingerprint density at radius 1 is 1.15 bits per heavy atom. The second-order valence-electron chi connectivity index (χ2n) is 5.93. The molecule has 26 heavy (non-hydrogen) atoms. The maximum absolute atomic E-state index is 13.9. The summed E-state index contributed by atoms with van der Waals surface area (Å²) < 4.78 is 19.6. The lowest BCUT2D eigenvalue weighted by atomic mass is 10.2. The highest BCUT2D eigenvalue weighted by Gasteiger charge is 2.12. The van der Waals surface area contributed by atoms with Crippen molar-refractivity contribution in [2.75, 3.05) is 5.32 Å². The molecule has 0 radical (unpaired) electrons. The standard InChI is InChI=1S/C20H18FN3O2/c1-13-3-4-18(17(21)9-13)24-19(25)16-10-14(2)20(23-11-16)26-12-15-5-7-22-8-6-15/h3-11H,12H2,1-2H3,(H,24,25). The van der Waals surface area contributed by atoms with Gasteiger partial charge in [-0.2, -0.15) is 0 Å². The number of carbonyl (C=O) groups is 1. The minimum Gasteiger partial charge on any atom is -0.473 e. The van der Waals surface area contributed by atoms with Gasteiger partial charge in [-0.15, -0.1) is 0 Å². The Labute approximate surface area is 150 Å². The van der Waals surface area contributed by atoms with Crippen molar-refractivity contribution < 1.29 is 13.9 Å². The third-order valence-electron chi connectivity index (χ3n) is 3.79. The maximum Gasteiger partial charge on any atom is 0.257 e. The van der Waals surface area contributed by atoms with E-state index in [1.54, 1.807) is 38.4 Å². The summed E-state index contributed by atoms with van der Waals surface area (Å²) in [5.41, 5.74) is 2.94. The van der Waals surface area contributed by atoms with Crippen molar-refractivity contribution in [1.29, 1.82) is 0 Å². The maximum atomic E-state index is 13.9. The Bertz CT molecular complexity index is 930. The lowest BCUT2D eigenvalue weighted by Crippen LogP contribution is -2.14. The van der Waals surface area contributed by atoms with Gasteiger partial charge >= 0.3 is 0 Å². The average Bonchev–Trinajstić information content (AvgIpc) is 2.63. The van der Waals surface area contributed by atoms with Crippen LogP contribution >= 0.6 is 0 Å². The number of halogens is 1. The number of rotatable bonds is 5. The van der Waals surface area contributed by atoms with Gasteiger partial charge < -0.3 is 10.1 Å². The van der Waals surface area contributed by atoms with Crippen molar-refractivity contribution in [1.82, 2.24) is 9.97 Å². The van der Waals surface area contributed by atoms with Crippen LogP contribution in [0, 0.1) is 19.7 Å². The van der Waals surface area contributed by atoms with Gasteiger partial charge in [0.2, 0.25) is 5.88 Å². The van der Waals surface area contributed by atoms with Crippen LogP contribution in [-0.4, -0.2) is 15.9 Å². The zero-order valence-corrected chi connectivity index (χ0v) is 14.5. The first kappa shape index (κ1) is 17.5. The van der Waals surface area contributed by atoms with E-state index in [4.69, 9.17) is 4.74 Å². The monoisotopic (exact) mass is 351 g/mol. The molecule has 0 saturated heterocycles. The third-order valence-corrected chi connectivity index (χ3v) is 3.79. The van der Waals surface area contributed by atoms with Crippen molar-refractivity contribution in [3.63, 3.8) is 0 Å². The molecule has 0 fully saturated rings. The fraction of sp³-hybridized carbons (Fsp3) is 0.150. The molecule has 0 spiro atoms. The molecule has 1 amide bonds. The van der Waals surface area contributed by atoms with E-state index in [0.29, 0.717) is 18.1 Å². The zero-order valence-electron chi connectivity index (χ0n) is 14.5. The van der Waals surface area contributed by atoms with E-state index in [-0.39, 0.29) is 5.69 Å². The summed E-state index contributed by atoms with van der Waals surface area (Å²) in [6.07, 6.45) is 4.80. The quantitative estimate of drug-likeness (QED) is 0.753. The van der Waals surface area contributed by atoms with Crippen LogP contribution in [0.4, 0.5) is 10.1 Å². The second-order valence-corrected chi connectivity index (χ2v) is 5.93. The molecule has 0 unspecified atom stereocenters. The van der Waals surface area contributed by atoms with Gasteiger partial charge in [0, 0.05) is 24.2 Å². The number of pyridine rings is 2. The number of nitrogens with zero attached hydrogens (tertiary/aromatic N) is 2. The van der Waals surface area contributed by atoms with Gasteiger partial charge in [0.05, 0.1) is 11.3 Å². The molecular formula is C20H18FN3O2. The van der Waals surface area contributed by atoms with Crippen LogP contribution in [-0.2, 0) is 6.61 Å². The molecule has 132 valence electrons. The van der Waals surface area contributed by atoms with E-state index < -0.39 is 11.7 Å². The smallest absolute Gasteiger partial charge is 0.257 e. The lowest BCUT2D eigenvalue weighted by Gasteiger charge is -2.10. The topological polar surface area (TPSA) is 64.1 Å². The number of hydrogen-bond donors (Lipinski definition) is 1. The van der Waals surface area contributed by atoms with E-state index in [0.717, 1.165) is 16.7 Å². The van der Waals surface area contributed by atoms with Crippen LogP contribution in [0.1, 0.15) is 27.0 Å². The number of hydrogen-bond acceptors (Lipinski definition) is 4. The molecule has 2 heterocycles. The fourth-order valence-corrected chi connectivity index (χ4v) is 2.38. The number of aryl methyl sites for hydroxylation is 2. The summed E-state index contributed by atoms with van der Waals surface area (Å²) in [5, 5.41) is 2.56. The normalized spacial score (nSPS) is 10.4. The number of amides is 1. The SMILES string of the molecule is Cc1ccc(NC(=O)c2cnc(OCc3ccncc3)c(C)c2)c(F)c1. The number of nitrogens with one attached hydrogen (secondary N) is 1. The van der Waals surface area contributed by atoms with Crippen LogP contribution < -0.4 is 10.1 Å². The summed E-state index contributed by atoms with van der Waals surface area (Å²) in [5.74, 6) is -0.454. The molecular weight excluding hydrogens is 333 g/mol. The predicted octanol–water partition coefficient (Wildman–Crippen LogP) is 4.06. The van der Waals surface area contributed by atoms with Crippen molar-refractivity contribution in [2.24, 2.45) is 0 Å². The first-order valence-corrected chi connectivity index (χ1v) is 8.09. The third kappa shape index (κ3) is 4.22. The minimum atomic E-state index is -0.472. The number of aromatic nitrogens is 2. The number of benzene rings is 1. The summed E-state index contributed by atoms with van der Waals surface area (Å²) >= 11 is 0. The molecule has 2 aromatic heterocycles. The van der Waals surface area contributed by atoms with Crippen LogP contribution in [0.25, 0.3) is 0 Å². The van der Waals surface area contributed by atoms with E-state index in [1.807, 2.05) is 12.1 Å². The highest BCUT2D eigenvalue weighted by Crippen LogP contribution is 2.19. The predicted molar refractivity (Wildman–Crippen MR) is 96.6 cm³/mol. The largest absolute Gasteiger partial charge is 0.473 e. The number of anilines is 1. The van der Waals surface area contributed by atoms with Gasteiger partial charge in [-0.1, -0.05) is 6.07 Å². The summed E-state index contributed by atoms with van der Waals surface area (Å²) in [6.45, 7) is 3.95. The van der Waals surface area contributed by atoms with Gasteiger partial charge in [-0.05, 0) is 55.3 Å². The van der Waals surface area contributed by atoms with Crippen LogP contribution in [0.5, 0.6) is 5.88 Å². The van der Waals surface area contributed by atoms with Crippen molar-refractivity contribution in [2.45, 2.75) is 20.5 Å². The molecule has 1 aromatic carbocycles. The van der Waals surface area contributed by atoms with E-state index in [9.17, 15) is 9.18 Å². The Morgan fingerprint density at radius 3 is 2.62 bits per heavy atom. The van der Waals surface area contributed by atoms with Crippen LogP contribution in [0.2, 0.25) is 0 Å². The molecule has 5 nitrogen and oxygen atoms in total. The summed E-state index contributed by atoms with van der Waals surface area (Å²) in [7, 11) is 0. The first-order chi connectivity index (χ1) is 12.5. The lowest BCUT2D eigenvalue weighted by molar-refractivity contribution is 0.102. The molecule has 0 aliphatic heterocycles. The Kier molecular flexibility index (Phi) is 5.22. The molecule has 3 aromatic rings. The highest BCUT2D eigenvalue weighted by atomic mass is 19.1. The second kappa shape index (κ2) is 7.74. The molecule has 0 bridgehead atoms. The van der Waals surface area contributed by atoms with Gasteiger partial charge in [-0.25, -0.2) is 9.37 Å². The minimum absolute atomic E-state index is 0.135. The molecule has 6 heteroatoms. The Morgan fingerprint density at radius 2 is 1.92 bits per heavy atom.